The third-order valence-electron chi connectivity index (χ3n) is 5.77. The maximum absolute atomic E-state index is 13.2. The van der Waals surface area contributed by atoms with Gasteiger partial charge in [0, 0.05) is 31.7 Å². The van der Waals surface area contributed by atoms with Crippen LogP contribution in [0.2, 0.25) is 5.02 Å². The number of rotatable bonds is 4. The second-order valence-corrected chi connectivity index (χ2v) is 10.2. The Morgan fingerprint density at radius 1 is 0.839 bits per heavy atom. The molecule has 0 amide bonds. The summed E-state index contributed by atoms with van der Waals surface area (Å²) in [5.41, 5.74) is 4.41. The summed E-state index contributed by atoms with van der Waals surface area (Å²) in [6.45, 7) is 7.72. The van der Waals surface area contributed by atoms with Gasteiger partial charge in [-0.05, 0) is 61.7 Å². The van der Waals surface area contributed by atoms with Gasteiger partial charge in [-0.2, -0.15) is 4.31 Å². The minimum Gasteiger partial charge on any atom is -0.352 e. The quantitative estimate of drug-likeness (QED) is 0.587. The predicted molar refractivity (Wildman–Crippen MR) is 124 cm³/mol. The van der Waals surface area contributed by atoms with Gasteiger partial charge in [-0.15, -0.1) is 10.2 Å². The highest BCUT2D eigenvalue weighted by molar-refractivity contribution is 7.89. The first-order chi connectivity index (χ1) is 14.8. The van der Waals surface area contributed by atoms with E-state index in [2.05, 4.69) is 15.1 Å². The largest absolute Gasteiger partial charge is 0.352 e. The van der Waals surface area contributed by atoms with Crippen molar-refractivity contribution < 1.29 is 8.42 Å². The van der Waals surface area contributed by atoms with E-state index in [1.54, 1.807) is 10.4 Å². The fraction of sp³-hybridized carbons (Fsp3) is 0.304. The van der Waals surface area contributed by atoms with Crippen molar-refractivity contribution in [2.24, 2.45) is 0 Å². The van der Waals surface area contributed by atoms with Crippen LogP contribution in [0.15, 0.2) is 53.4 Å². The molecule has 1 fully saturated rings. The Kier molecular flexibility index (Phi) is 6.01. The molecule has 1 aliphatic rings. The molecule has 0 aliphatic carbocycles. The smallest absolute Gasteiger partial charge is 0.243 e. The third-order valence-corrected chi connectivity index (χ3v) is 8.14. The van der Waals surface area contributed by atoms with Crippen LogP contribution in [0.4, 0.5) is 5.82 Å². The number of aryl methyl sites for hydroxylation is 3. The third kappa shape index (κ3) is 4.31. The molecule has 0 spiro atoms. The molecule has 6 nitrogen and oxygen atoms in total. The van der Waals surface area contributed by atoms with E-state index in [-0.39, 0.29) is 0 Å². The lowest BCUT2D eigenvalue weighted by atomic mass is 10.1. The second-order valence-electron chi connectivity index (χ2n) is 7.85. The molecule has 0 saturated carbocycles. The minimum atomic E-state index is -3.53. The molecule has 4 rings (SSSR count). The number of piperazine rings is 1. The van der Waals surface area contributed by atoms with E-state index in [1.807, 2.05) is 63.2 Å². The number of hydrogen-bond acceptors (Lipinski definition) is 5. The topological polar surface area (TPSA) is 66.4 Å². The Hall–Kier alpha value is -2.48. The summed E-state index contributed by atoms with van der Waals surface area (Å²) in [6.07, 6.45) is 0. The van der Waals surface area contributed by atoms with Gasteiger partial charge in [-0.1, -0.05) is 35.9 Å². The molecule has 1 saturated heterocycles. The molecule has 31 heavy (non-hydrogen) atoms. The standard InChI is InChI=1S/C23H25ClN4O2S/c1-16-14-18(3)22(15-17(16)2)31(29,30)28-12-10-27(11-13-28)23-9-8-21(25-26-23)19-6-4-5-7-20(19)24/h4-9,14-15H,10-13H2,1-3H3. The van der Waals surface area contributed by atoms with Crippen LogP contribution in [-0.4, -0.2) is 49.1 Å². The first-order valence-corrected chi connectivity index (χ1v) is 12.0. The highest BCUT2D eigenvalue weighted by Gasteiger charge is 2.30. The minimum absolute atomic E-state index is 0.396. The van der Waals surface area contributed by atoms with Crippen molar-refractivity contribution in [3.63, 3.8) is 0 Å². The fourth-order valence-electron chi connectivity index (χ4n) is 3.82. The van der Waals surface area contributed by atoms with E-state index in [4.69, 9.17) is 11.6 Å². The van der Waals surface area contributed by atoms with Crippen LogP contribution in [0.5, 0.6) is 0 Å². The summed E-state index contributed by atoms with van der Waals surface area (Å²) in [7, 11) is -3.53. The molecule has 8 heteroatoms. The van der Waals surface area contributed by atoms with Crippen LogP contribution in [0.3, 0.4) is 0 Å². The Labute approximate surface area is 188 Å². The lowest BCUT2D eigenvalue weighted by molar-refractivity contribution is 0.383. The SMILES string of the molecule is Cc1cc(C)c(S(=O)(=O)N2CCN(c3ccc(-c4ccccc4Cl)nn3)CC2)cc1C. The number of sulfonamides is 1. The highest BCUT2D eigenvalue weighted by atomic mass is 35.5. The van der Waals surface area contributed by atoms with Gasteiger partial charge in [0.05, 0.1) is 15.6 Å². The summed E-state index contributed by atoms with van der Waals surface area (Å²) >= 11 is 6.25. The van der Waals surface area contributed by atoms with Gasteiger partial charge in [-0.3, -0.25) is 0 Å². The van der Waals surface area contributed by atoms with Crippen molar-refractivity contribution in [2.45, 2.75) is 25.7 Å². The van der Waals surface area contributed by atoms with Crippen molar-refractivity contribution in [2.75, 3.05) is 31.1 Å². The fourth-order valence-corrected chi connectivity index (χ4v) is 5.76. The van der Waals surface area contributed by atoms with E-state index in [1.165, 1.54) is 0 Å². The summed E-state index contributed by atoms with van der Waals surface area (Å²) in [4.78, 5) is 2.45. The van der Waals surface area contributed by atoms with Crippen LogP contribution in [0.25, 0.3) is 11.3 Å². The zero-order valence-corrected chi connectivity index (χ0v) is 19.4. The number of halogens is 1. The average molecular weight is 457 g/mol. The Bertz CT molecular complexity index is 1200. The summed E-state index contributed by atoms with van der Waals surface area (Å²) < 4.78 is 28.0. The average Bonchev–Trinajstić information content (AvgIpc) is 2.77. The molecule has 0 N–H and O–H groups in total. The summed E-state index contributed by atoms with van der Waals surface area (Å²) in [5, 5.41) is 9.30. The van der Waals surface area contributed by atoms with Gasteiger partial charge in [0.15, 0.2) is 5.82 Å². The molecule has 2 heterocycles. The van der Waals surface area contributed by atoms with E-state index in [0.717, 1.165) is 28.1 Å². The maximum Gasteiger partial charge on any atom is 0.243 e. The molecule has 3 aromatic rings. The number of aromatic nitrogens is 2. The molecule has 162 valence electrons. The lowest BCUT2D eigenvalue weighted by Crippen LogP contribution is -2.49. The summed E-state index contributed by atoms with van der Waals surface area (Å²) in [5.74, 6) is 0.732. The number of hydrogen-bond donors (Lipinski definition) is 0. The Morgan fingerprint density at radius 3 is 2.16 bits per heavy atom. The molecule has 2 aromatic carbocycles. The van der Waals surface area contributed by atoms with Crippen molar-refractivity contribution in [1.82, 2.24) is 14.5 Å². The van der Waals surface area contributed by atoms with E-state index < -0.39 is 10.0 Å². The monoisotopic (exact) mass is 456 g/mol. The van der Waals surface area contributed by atoms with Gasteiger partial charge in [0.25, 0.3) is 0 Å². The van der Waals surface area contributed by atoms with Gasteiger partial charge >= 0.3 is 0 Å². The predicted octanol–water partition coefficient (Wildman–Crippen LogP) is 4.23. The van der Waals surface area contributed by atoms with Crippen molar-refractivity contribution in [3.05, 3.63) is 70.2 Å². The van der Waals surface area contributed by atoms with Gasteiger partial charge in [0.2, 0.25) is 10.0 Å². The van der Waals surface area contributed by atoms with Crippen molar-refractivity contribution in [3.8, 4) is 11.3 Å². The van der Waals surface area contributed by atoms with Crippen LogP contribution in [0.1, 0.15) is 16.7 Å². The zero-order valence-electron chi connectivity index (χ0n) is 17.8. The molecule has 0 radical (unpaired) electrons. The second kappa shape index (κ2) is 8.57. The van der Waals surface area contributed by atoms with E-state index >= 15 is 0 Å². The van der Waals surface area contributed by atoms with Gasteiger partial charge < -0.3 is 4.90 Å². The van der Waals surface area contributed by atoms with Gasteiger partial charge in [0.1, 0.15) is 0 Å². The highest BCUT2D eigenvalue weighted by Crippen LogP contribution is 2.27. The van der Waals surface area contributed by atoms with Crippen LogP contribution in [-0.2, 0) is 10.0 Å². The van der Waals surface area contributed by atoms with Crippen molar-refractivity contribution >= 4 is 27.4 Å². The zero-order chi connectivity index (χ0) is 22.2. The van der Waals surface area contributed by atoms with Crippen LogP contribution in [0, 0.1) is 20.8 Å². The molecular weight excluding hydrogens is 432 g/mol. The Morgan fingerprint density at radius 2 is 1.52 bits per heavy atom. The van der Waals surface area contributed by atoms with E-state index in [9.17, 15) is 8.42 Å². The number of anilines is 1. The van der Waals surface area contributed by atoms with Crippen molar-refractivity contribution in [1.29, 1.82) is 0 Å². The van der Waals surface area contributed by atoms with Crippen LogP contribution < -0.4 is 4.90 Å². The maximum atomic E-state index is 13.2. The Balaban J connectivity index is 1.47. The van der Waals surface area contributed by atoms with E-state index in [0.29, 0.717) is 41.8 Å². The normalized spacial score (nSPS) is 15.3. The number of benzene rings is 2. The van der Waals surface area contributed by atoms with Gasteiger partial charge in [-0.25, -0.2) is 8.42 Å². The molecule has 0 unspecified atom stereocenters. The lowest BCUT2D eigenvalue weighted by Gasteiger charge is -2.34. The van der Waals surface area contributed by atoms with Crippen LogP contribution >= 0.6 is 11.6 Å². The molecule has 0 atom stereocenters. The first kappa shape index (κ1) is 21.7. The molecule has 1 aliphatic heterocycles. The molecule has 1 aromatic heterocycles. The summed E-state index contributed by atoms with van der Waals surface area (Å²) in [6, 6.07) is 15.0. The molecular formula is C23H25ClN4O2S. The first-order valence-electron chi connectivity index (χ1n) is 10.2. The molecule has 0 bridgehead atoms. The number of nitrogens with zero attached hydrogens (tertiary/aromatic N) is 4.